The predicted molar refractivity (Wildman–Crippen MR) is 117 cm³/mol. The lowest BCUT2D eigenvalue weighted by atomic mass is 9.90. The molecule has 1 aliphatic rings. The van der Waals surface area contributed by atoms with Gasteiger partial charge in [0.15, 0.2) is 5.69 Å². The number of nitrogens with one attached hydrogen (secondary N) is 1. The molecule has 10 heteroatoms. The zero-order valence-corrected chi connectivity index (χ0v) is 18.0. The van der Waals surface area contributed by atoms with Crippen molar-refractivity contribution in [3.63, 3.8) is 0 Å². The molecule has 1 fully saturated rings. The van der Waals surface area contributed by atoms with Crippen LogP contribution in [0.3, 0.4) is 0 Å². The van der Waals surface area contributed by atoms with Gasteiger partial charge in [-0.1, -0.05) is 6.07 Å². The first kappa shape index (κ1) is 21.3. The Balaban J connectivity index is 1.23. The van der Waals surface area contributed by atoms with Crippen LogP contribution >= 0.6 is 0 Å². The molecule has 0 bridgehead atoms. The highest BCUT2D eigenvalue weighted by molar-refractivity contribution is 5.93. The smallest absolute Gasteiger partial charge is 0.281 e. The summed E-state index contributed by atoms with van der Waals surface area (Å²) >= 11 is 0. The molecule has 4 aromatic rings. The van der Waals surface area contributed by atoms with Crippen LogP contribution in [-0.2, 0) is 0 Å². The summed E-state index contributed by atoms with van der Waals surface area (Å²) in [6.45, 7) is 0. The fourth-order valence-electron chi connectivity index (χ4n) is 4.54. The van der Waals surface area contributed by atoms with E-state index in [1.807, 2.05) is 19.2 Å². The van der Waals surface area contributed by atoms with Gasteiger partial charge in [0.05, 0.1) is 5.52 Å². The normalized spacial score (nSPS) is 18.8. The van der Waals surface area contributed by atoms with Gasteiger partial charge < -0.3 is 10.2 Å². The molecule has 1 saturated carbocycles. The first-order valence-electron chi connectivity index (χ1n) is 10.8. The number of nitrogens with zero attached hydrogens (tertiary/aromatic N) is 5. The monoisotopic (exact) mass is 456 g/mol. The summed E-state index contributed by atoms with van der Waals surface area (Å²) in [5.74, 6) is 0.142. The van der Waals surface area contributed by atoms with E-state index < -0.39 is 6.43 Å². The minimum Gasteiger partial charge on any atom is -0.358 e. The number of halogens is 3. The van der Waals surface area contributed by atoms with Crippen LogP contribution in [0.4, 0.5) is 19.0 Å². The predicted octanol–water partition coefficient (Wildman–Crippen LogP) is 4.24. The third-order valence-electron chi connectivity index (χ3n) is 6.31. The third kappa shape index (κ3) is 4.12. The van der Waals surface area contributed by atoms with E-state index in [1.54, 1.807) is 16.5 Å². The quantitative estimate of drug-likeness (QED) is 0.488. The minimum atomic E-state index is -2.62. The van der Waals surface area contributed by atoms with Crippen LogP contribution in [0.1, 0.15) is 48.3 Å². The molecule has 0 aromatic carbocycles. The van der Waals surface area contributed by atoms with Gasteiger partial charge in [-0.05, 0) is 56.0 Å². The highest BCUT2D eigenvalue weighted by Crippen LogP contribution is 2.28. The lowest BCUT2D eigenvalue weighted by molar-refractivity contribution is 0.0920. The van der Waals surface area contributed by atoms with Crippen LogP contribution < -0.4 is 10.2 Å². The number of carbonyl (C=O) groups excluding carboxylic acids is 1. The van der Waals surface area contributed by atoms with E-state index in [-0.39, 0.29) is 35.2 Å². The number of alkyl halides is 2. The molecule has 0 saturated heterocycles. The van der Waals surface area contributed by atoms with E-state index >= 15 is 0 Å². The first-order valence-corrected chi connectivity index (χ1v) is 10.8. The molecule has 0 aliphatic heterocycles. The van der Waals surface area contributed by atoms with Crippen molar-refractivity contribution in [1.82, 2.24) is 24.3 Å². The Morgan fingerprint density at radius 3 is 2.73 bits per heavy atom. The van der Waals surface area contributed by atoms with Gasteiger partial charge in [-0.2, -0.15) is 5.10 Å². The Labute approximate surface area is 187 Å². The molecule has 172 valence electrons. The van der Waals surface area contributed by atoms with Crippen LogP contribution in [0.15, 0.2) is 48.8 Å². The minimum absolute atomic E-state index is 0.0122. The van der Waals surface area contributed by atoms with Crippen LogP contribution in [0.5, 0.6) is 0 Å². The maximum atomic E-state index is 13.4. The Bertz CT molecular complexity index is 1310. The standard InChI is InChI=1S/C23H23F3N6O/c1-30(21-4-2-3-20-28-19(22(25)26)13-31(20)21)16-7-5-15(6-8-16)27-23(33)18-12-17-11-14(24)9-10-32(17)29-18/h2-4,9-13,15-16,22H,5-8H2,1H3,(H,27,33). The number of pyridine rings is 2. The zero-order chi connectivity index (χ0) is 23.1. The summed E-state index contributed by atoms with van der Waals surface area (Å²) in [5.41, 5.74) is 1.02. The molecule has 0 radical (unpaired) electrons. The second kappa shape index (κ2) is 8.42. The largest absolute Gasteiger partial charge is 0.358 e. The van der Waals surface area contributed by atoms with Gasteiger partial charge in [0.2, 0.25) is 0 Å². The molecule has 1 aliphatic carbocycles. The van der Waals surface area contributed by atoms with Crippen molar-refractivity contribution in [2.45, 2.75) is 44.2 Å². The summed E-state index contributed by atoms with van der Waals surface area (Å²) < 4.78 is 42.7. The van der Waals surface area contributed by atoms with Crippen molar-refractivity contribution in [3.8, 4) is 0 Å². The van der Waals surface area contributed by atoms with Gasteiger partial charge in [-0.3, -0.25) is 9.20 Å². The Kier molecular flexibility index (Phi) is 5.43. The number of rotatable bonds is 5. The number of amides is 1. The molecule has 33 heavy (non-hydrogen) atoms. The average molecular weight is 456 g/mol. The average Bonchev–Trinajstić information content (AvgIpc) is 3.43. The maximum Gasteiger partial charge on any atom is 0.281 e. The third-order valence-corrected chi connectivity index (χ3v) is 6.31. The van der Waals surface area contributed by atoms with Crippen molar-refractivity contribution in [2.24, 2.45) is 0 Å². The van der Waals surface area contributed by atoms with E-state index in [0.29, 0.717) is 11.2 Å². The number of hydrogen-bond donors (Lipinski definition) is 1. The lowest BCUT2D eigenvalue weighted by Gasteiger charge is -2.36. The first-order chi connectivity index (χ1) is 15.9. The highest BCUT2D eigenvalue weighted by atomic mass is 19.3. The molecule has 7 nitrogen and oxygen atoms in total. The van der Waals surface area contributed by atoms with E-state index in [0.717, 1.165) is 31.5 Å². The van der Waals surface area contributed by atoms with Gasteiger partial charge in [-0.15, -0.1) is 0 Å². The van der Waals surface area contributed by atoms with Gasteiger partial charge in [0, 0.05) is 31.5 Å². The highest BCUT2D eigenvalue weighted by Gasteiger charge is 2.27. The van der Waals surface area contributed by atoms with Crippen molar-refractivity contribution in [1.29, 1.82) is 0 Å². The molecule has 0 atom stereocenters. The van der Waals surface area contributed by atoms with Crippen molar-refractivity contribution in [3.05, 3.63) is 66.0 Å². The van der Waals surface area contributed by atoms with Crippen molar-refractivity contribution in [2.75, 3.05) is 11.9 Å². The van der Waals surface area contributed by atoms with Crippen LogP contribution in [0.25, 0.3) is 11.2 Å². The second-order valence-corrected chi connectivity index (χ2v) is 8.41. The molecular formula is C23H23F3N6O. The summed E-state index contributed by atoms with van der Waals surface area (Å²) in [6, 6.07) is 9.83. The van der Waals surface area contributed by atoms with E-state index in [1.165, 1.54) is 29.0 Å². The second-order valence-electron chi connectivity index (χ2n) is 8.41. The number of aromatic nitrogens is 4. The SMILES string of the molecule is CN(c1cccc2nc(C(F)F)cn12)C1CCC(NC(=O)c2cc3cc(F)ccn3n2)CC1. The fraction of sp³-hybridized carbons (Fsp3) is 0.348. The summed E-state index contributed by atoms with van der Waals surface area (Å²) in [6.07, 6.45) is 3.49. The molecular weight excluding hydrogens is 433 g/mol. The van der Waals surface area contributed by atoms with Gasteiger partial charge in [0.25, 0.3) is 12.3 Å². The topological polar surface area (TPSA) is 66.9 Å². The molecule has 1 N–H and O–H groups in total. The zero-order valence-electron chi connectivity index (χ0n) is 18.0. The van der Waals surface area contributed by atoms with E-state index in [9.17, 15) is 18.0 Å². The van der Waals surface area contributed by atoms with Crippen LogP contribution in [0, 0.1) is 5.82 Å². The molecule has 4 heterocycles. The van der Waals surface area contributed by atoms with Gasteiger partial charge in [0.1, 0.15) is 23.0 Å². The van der Waals surface area contributed by atoms with Crippen LogP contribution in [0.2, 0.25) is 0 Å². The fourth-order valence-corrected chi connectivity index (χ4v) is 4.54. The van der Waals surface area contributed by atoms with Gasteiger partial charge >= 0.3 is 0 Å². The number of anilines is 1. The Morgan fingerprint density at radius 1 is 1.18 bits per heavy atom. The Morgan fingerprint density at radius 2 is 1.97 bits per heavy atom. The molecule has 1 amide bonds. The Hall–Kier alpha value is -3.56. The van der Waals surface area contributed by atoms with Crippen LogP contribution in [-0.4, -0.2) is 44.0 Å². The van der Waals surface area contributed by atoms with Gasteiger partial charge in [-0.25, -0.2) is 22.7 Å². The summed E-state index contributed by atoms with van der Waals surface area (Å²) in [7, 11) is 1.95. The van der Waals surface area contributed by atoms with E-state index in [4.69, 9.17) is 0 Å². The number of imidazole rings is 1. The summed E-state index contributed by atoms with van der Waals surface area (Å²) in [4.78, 5) is 18.7. The number of fused-ring (bicyclic) bond motifs is 2. The molecule has 5 rings (SSSR count). The lowest BCUT2D eigenvalue weighted by Crippen LogP contribution is -2.43. The van der Waals surface area contributed by atoms with Crippen molar-refractivity contribution < 1.29 is 18.0 Å². The van der Waals surface area contributed by atoms with Crippen molar-refractivity contribution >= 4 is 22.9 Å². The molecule has 4 aromatic heterocycles. The summed E-state index contributed by atoms with van der Waals surface area (Å²) in [5, 5.41) is 7.24. The maximum absolute atomic E-state index is 13.4. The van der Waals surface area contributed by atoms with E-state index in [2.05, 4.69) is 20.3 Å². The number of hydrogen-bond acceptors (Lipinski definition) is 4. The molecule has 0 spiro atoms. The number of carbonyl (C=O) groups is 1. The molecule has 0 unspecified atom stereocenters.